The maximum absolute atomic E-state index is 11.8. The highest BCUT2D eigenvalue weighted by Gasteiger charge is 2.44. The van der Waals surface area contributed by atoms with Crippen LogP contribution in [0.1, 0.15) is 57.2 Å². The number of aryl methyl sites for hydroxylation is 1. The SMILES string of the molecule is Cc1csc(CC2(C(=O)O)CCC(C(C)(C)C)CC2)n1. The molecule has 1 aromatic heterocycles. The largest absolute Gasteiger partial charge is 0.481 e. The first-order valence-corrected chi connectivity index (χ1v) is 8.25. The Balaban J connectivity index is 2.11. The second-order valence-electron chi connectivity index (χ2n) is 7.29. The lowest BCUT2D eigenvalue weighted by Gasteiger charge is -2.41. The van der Waals surface area contributed by atoms with Crippen LogP contribution in [0.3, 0.4) is 0 Å². The number of carboxylic acids is 1. The molecule has 0 aliphatic heterocycles. The molecule has 0 bridgehead atoms. The van der Waals surface area contributed by atoms with Gasteiger partial charge in [-0.25, -0.2) is 4.98 Å². The summed E-state index contributed by atoms with van der Waals surface area (Å²) in [6.45, 7) is 8.74. The normalized spacial score (nSPS) is 27.5. The van der Waals surface area contributed by atoms with Crippen molar-refractivity contribution in [2.45, 2.75) is 59.8 Å². The minimum Gasteiger partial charge on any atom is -0.481 e. The number of hydrogen-bond donors (Lipinski definition) is 1. The molecular formula is C16H25NO2S. The Labute approximate surface area is 125 Å². The summed E-state index contributed by atoms with van der Waals surface area (Å²) in [7, 11) is 0. The minimum atomic E-state index is -0.641. The Morgan fingerprint density at radius 2 is 2.05 bits per heavy atom. The van der Waals surface area contributed by atoms with Crippen molar-refractivity contribution in [3.63, 3.8) is 0 Å². The lowest BCUT2D eigenvalue weighted by atomic mass is 9.63. The number of thiazole rings is 1. The van der Waals surface area contributed by atoms with Gasteiger partial charge in [-0.2, -0.15) is 0 Å². The van der Waals surface area contributed by atoms with E-state index in [1.807, 2.05) is 12.3 Å². The molecule has 1 heterocycles. The Kier molecular flexibility index (Phi) is 4.24. The van der Waals surface area contributed by atoms with E-state index in [0.717, 1.165) is 36.4 Å². The van der Waals surface area contributed by atoms with Gasteiger partial charge in [0.1, 0.15) is 0 Å². The molecule has 112 valence electrons. The number of rotatable bonds is 3. The summed E-state index contributed by atoms with van der Waals surface area (Å²) in [5.41, 5.74) is 0.683. The first kappa shape index (κ1) is 15.5. The molecule has 1 aromatic rings. The summed E-state index contributed by atoms with van der Waals surface area (Å²) in [4.78, 5) is 16.3. The molecule has 1 aliphatic rings. The molecule has 1 aliphatic carbocycles. The van der Waals surface area contributed by atoms with Crippen molar-refractivity contribution in [3.05, 3.63) is 16.1 Å². The highest BCUT2D eigenvalue weighted by Crippen LogP contribution is 2.47. The van der Waals surface area contributed by atoms with Crippen LogP contribution >= 0.6 is 11.3 Å². The van der Waals surface area contributed by atoms with Crippen LogP contribution in [0.4, 0.5) is 0 Å². The topological polar surface area (TPSA) is 50.2 Å². The van der Waals surface area contributed by atoms with E-state index in [-0.39, 0.29) is 5.41 Å². The fourth-order valence-corrected chi connectivity index (χ4v) is 4.19. The van der Waals surface area contributed by atoms with Crippen molar-refractivity contribution in [3.8, 4) is 0 Å². The van der Waals surface area contributed by atoms with E-state index in [2.05, 4.69) is 25.8 Å². The number of aromatic nitrogens is 1. The highest BCUT2D eigenvalue weighted by molar-refractivity contribution is 7.09. The van der Waals surface area contributed by atoms with Gasteiger partial charge in [-0.15, -0.1) is 11.3 Å². The van der Waals surface area contributed by atoms with E-state index in [1.165, 1.54) is 0 Å². The molecule has 0 atom stereocenters. The zero-order valence-corrected chi connectivity index (χ0v) is 13.7. The second kappa shape index (κ2) is 5.47. The number of hydrogen-bond acceptors (Lipinski definition) is 3. The summed E-state index contributed by atoms with van der Waals surface area (Å²) in [6.07, 6.45) is 4.18. The van der Waals surface area contributed by atoms with Gasteiger partial charge in [0, 0.05) is 17.5 Å². The van der Waals surface area contributed by atoms with Crippen LogP contribution in [0.5, 0.6) is 0 Å². The summed E-state index contributed by atoms with van der Waals surface area (Å²) in [5.74, 6) is -0.00859. The fraction of sp³-hybridized carbons (Fsp3) is 0.750. The third-order valence-electron chi connectivity index (χ3n) is 4.78. The monoisotopic (exact) mass is 295 g/mol. The fourth-order valence-electron chi connectivity index (χ4n) is 3.28. The van der Waals surface area contributed by atoms with E-state index in [9.17, 15) is 9.90 Å². The van der Waals surface area contributed by atoms with Gasteiger partial charge in [-0.05, 0) is 43.9 Å². The molecule has 0 spiro atoms. The van der Waals surface area contributed by atoms with Crippen molar-refractivity contribution in [1.82, 2.24) is 4.98 Å². The van der Waals surface area contributed by atoms with Crippen LogP contribution in [0, 0.1) is 23.7 Å². The number of nitrogens with zero attached hydrogens (tertiary/aromatic N) is 1. The smallest absolute Gasteiger partial charge is 0.310 e. The van der Waals surface area contributed by atoms with Crippen LogP contribution in [0.15, 0.2) is 5.38 Å². The molecule has 1 fully saturated rings. The van der Waals surface area contributed by atoms with Crippen molar-refractivity contribution in [1.29, 1.82) is 0 Å². The molecule has 2 rings (SSSR count). The lowest BCUT2D eigenvalue weighted by Crippen LogP contribution is -2.39. The van der Waals surface area contributed by atoms with Gasteiger partial charge in [0.25, 0.3) is 0 Å². The average molecular weight is 295 g/mol. The van der Waals surface area contributed by atoms with Gasteiger partial charge in [0.15, 0.2) is 0 Å². The Morgan fingerprint density at radius 3 is 2.45 bits per heavy atom. The molecule has 0 saturated heterocycles. The molecule has 3 nitrogen and oxygen atoms in total. The van der Waals surface area contributed by atoms with Crippen molar-refractivity contribution < 1.29 is 9.90 Å². The van der Waals surface area contributed by atoms with Crippen molar-refractivity contribution in [2.75, 3.05) is 0 Å². The summed E-state index contributed by atoms with van der Waals surface area (Å²) < 4.78 is 0. The molecular weight excluding hydrogens is 270 g/mol. The Morgan fingerprint density at radius 1 is 1.45 bits per heavy atom. The predicted octanol–water partition coefficient (Wildman–Crippen LogP) is 4.30. The van der Waals surface area contributed by atoms with Gasteiger partial charge >= 0.3 is 5.97 Å². The van der Waals surface area contributed by atoms with Crippen LogP contribution in [0.2, 0.25) is 0 Å². The third-order valence-corrected chi connectivity index (χ3v) is 5.74. The first-order chi connectivity index (χ1) is 9.23. The molecule has 20 heavy (non-hydrogen) atoms. The first-order valence-electron chi connectivity index (χ1n) is 7.37. The van der Waals surface area contributed by atoms with Crippen LogP contribution in [-0.2, 0) is 11.2 Å². The average Bonchev–Trinajstić information content (AvgIpc) is 2.74. The van der Waals surface area contributed by atoms with E-state index >= 15 is 0 Å². The standard InChI is InChI=1S/C16H25NO2S/c1-11-10-20-13(17-11)9-16(14(18)19)7-5-12(6-8-16)15(2,3)4/h10,12H,5-9H2,1-4H3,(H,18,19). The molecule has 0 unspecified atom stereocenters. The molecule has 0 aromatic carbocycles. The predicted molar refractivity (Wildman–Crippen MR) is 82.0 cm³/mol. The summed E-state index contributed by atoms with van der Waals surface area (Å²) >= 11 is 1.59. The van der Waals surface area contributed by atoms with Crippen LogP contribution in [0.25, 0.3) is 0 Å². The van der Waals surface area contributed by atoms with Crippen molar-refractivity contribution >= 4 is 17.3 Å². The molecule has 1 saturated carbocycles. The Bertz CT molecular complexity index is 479. The van der Waals surface area contributed by atoms with Gasteiger partial charge in [-0.3, -0.25) is 4.79 Å². The summed E-state index contributed by atoms with van der Waals surface area (Å²) in [6, 6.07) is 0. The number of aliphatic carboxylic acids is 1. The van der Waals surface area contributed by atoms with E-state index in [0.29, 0.717) is 12.3 Å². The van der Waals surface area contributed by atoms with Gasteiger partial charge in [0.2, 0.25) is 0 Å². The zero-order chi connectivity index (χ0) is 15.0. The maximum atomic E-state index is 11.8. The highest BCUT2D eigenvalue weighted by atomic mass is 32.1. The molecule has 0 radical (unpaired) electrons. The lowest BCUT2D eigenvalue weighted by molar-refractivity contribution is -0.152. The Hall–Kier alpha value is -0.900. The number of carbonyl (C=O) groups is 1. The van der Waals surface area contributed by atoms with Gasteiger partial charge in [0.05, 0.1) is 10.4 Å². The molecule has 4 heteroatoms. The molecule has 0 amide bonds. The van der Waals surface area contributed by atoms with Gasteiger partial charge < -0.3 is 5.11 Å². The van der Waals surface area contributed by atoms with Gasteiger partial charge in [-0.1, -0.05) is 20.8 Å². The van der Waals surface area contributed by atoms with E-state index < -0.39 is 11.4 Å². The van der Waals surface area contributed by atoms with Crippen LogP contribution in [-0.4, -0.2) is 16.1 Å². The third kappa shape index (κ3) is 3.22. The summed E-state index contributed by atoms with van der Waals surface area (Å²) in [5, 5.41) is 12.7. The van der Waals surface area contributed by atoms with Crippen LogP contribution < -0.4 is 0 Å². The molecule has 1 N–H and O–H groups in total. The van der Waals surface area contributed by atoms with Crippen molar-refractivity contribution in [2.24, 2.45) is 16.7 Å². The second-order valence-corrected chi connectivity index (χ2v) is 8.23. The van der Waals surface area contributed by atoms with E-state index in [1.54, 1.807) is 11.3 Å². The quantitative estimate of drug-likeness (QED) is 0.904. The van der Waals surface area contributed by atoms with E-state index in [4.69, 9.17) is 0 Å². The zero-order valence-electron chi connectivity index (χ0n) is 12.9. The number of carboxylic acid groups (broad SMARTS) is 1. The maximum Gasteiger partial charge on any atom is 0.310 e. The minimum absolute atomic E-state index is 0.280.